The van der Waals surface area contributed by atoms with E-state index in [0.29, 0.717) is 12.1 Å². The summed E-state index contributed by atoms with van der Waals surface area (Å²) >= 11 is 1.71. The van der Waals surface area contributed by atoms with E-state index in [1.165, 1.54) is 42.4 Å². The Morgan fingerprint density at radius 3 is 2.75 bits per heavy atom. The SMILES string of the molecule is Cc1ccccc1Cn1c(SCc2ccc(C(=O)NCCC3=CCCCC3)cc2)nc2ccncc21. The van der Waals surface area contributed by atoms with Gasteiger partial charge in [-0.1, -0.05) is 59.8 Å². The first kappa shape index (κ1) is 24.3. The second kappa shape index (κ2) is 11.6. The summed E-state index contributed by atoms with van der Waals surface area (Å²) in [5.41, 5.74) is 7.89. The van der Waals surface area contributed by atoms with Gasteiger partial charge in [-0.3, -0.25) is 9.78 Å². The van der Waals surface area contributed by atoms with Crippen molar-refractivity contribution in [3.8, 4) is 0 Å². The number of amides is 1. The predicted octanol–water partition coefficient (Wildman–Crippen LogP) is 6.70. The Kier molecular flexibility index (Phi) is 7.82. The standard InChI is InChI=1S/C30H32N4OS/c1-22-7-5-6-10-26(22)20-34-28-19-31-17-16-27(28)33-30(34)36-21-24-11-13-25(14-12-24)29(35)32-18-15-23-8-3-2-4-9-23/h5-8,10-14,16-17,19H,2-4,9,15,18,20-21H2,1H3,(H,32,35). The topological polar surface area (TPSA) is 59.8 Å². The van der Waals surface area contributed by atoms with Gasteiger partial charge in [-0.25, -0.2) is 4.98 Å². The first-order valence-corrected chi connectivity index (χ1v) is 13.7. The van der Waals surface area contributed by atoms with E-state index in [1.807, 2.05) is 36.5 Å². The molecule has 0 saturated heterocycles. The molecule has 4 aromatic rings. The molecule has 5 rings (SSSR count). The van der Waals surface area contributed by atoms with E-state index in [0.717, 1.165) is 40.5 Å². The molecule has 1 amide bonds. The summed E-state index contributed by atoms with van der Waals surface area (Å²) in [5.74, 6) is 0.777. The maximum atomic E-state index is 12.6. The van der Waals surface area contributed by atoms with Gasteiger partial charge in [-0.2, -0.15) is 0 Å². The highest BCUT2D eigenvalue weighted by molar-refractivity contribution is 7.98. The highest BCUT2D eigenvalue weighted by Crippen LogP contribution is 2.28. The fourth-order valence-corrected chi connectivity index (χ4v) is 5.61. The number of allylic oxidation sites excluding steroid dienone is 1. The molecular weight excluding hydrogens is 464 g/mol. The number of nitrogens with zero attached hydrogens (tertiary/aromatic N) is 3. The van der Waals surface area contributed by atoms with E-state index >= 15 is 0 Å². The molecule has 0 saturated carbocycles. The third-order valence-electron chi connectivity index (χ3n) is 6.81. The lowest BCUT2D eigenvalue weighted by Gasteiger charge is -2.13. The van der Waals surface area contributed by atoms with Gasteiger partial charge in [-0.15, -0.1) is 0 Å². The molecule has 2 heterocycles. The van der Waals surface area contributed by atoms with Crippen molar-refractivity contribution in [2.75, 3.05) is 6.54 Å². The zero-order valence-corrected chi connectivity index (χ0v) is 21.6. The number of carbonyl (C=O) groups is 1. The average Bonchev–Trinajstić information content (AvgIpc) is 3.27. The number of aryl methyl sites for hydroxylation is 1. The number of fused-ring (bicyclic) bond motifs is 1. The molecule has 5 nitrogen and oxygen atoms in total. The predicted molar refractivity (Wildman–Crippen MR) is 147 cm³/mol. The van der Waals surface area contributed by atoms with Crippen LogP contribution in [0.4, 0.5) is 0 Å². The van der Waals surface area contributed by atoms with Gasteiger partial charge in [0.2, 0.25) is 0 Å². The number of thioether (sulfide) groups is 1. The number of benzene rings is 2. The number of imidazole rings is 1. The number of hydrogen-bond acceptors (Lipinski definition) is 4. The van der Waals surface area contributed by atoms with Gasteiger partial charge in [0.25, 0.3) is 5.91 Å². The van der Waals surface area contributed by atoms with Crippen LogP contribution in [-0.2, 0) is 12.3 Å². The summed E-state index contributed by atoms with van der Waals surface area (Å²) in [6.07, 6.45) is 11.9. The molecule has 0 atom stereocenters. The molecule has 1 N–H and O–H groups in total. The van der Waals surface area contributed by atoms with Crippen molar-refractivity contribution in [2.45, 2.75) is 56.5 Å². The van der Waals surface area contributed by atoms with Crippen LogP contribution in [0.15, 0.2) is 83.8 Å². The molecule has 6 heteroatoms. The lowest BCUT2D eigenvalue weighted by molar-refractivity contribution is 0.0954. The molecule has 36 heavy (non-hydrogen) atoms. The largest absolute Gasteiger partial charge is 0.352 e. The normalized spacial score (nSPS) is 13.5. The van der Waals surface area contributed by atoms with Crippen molar-refractivity contribution in [3.63, 3.8) is 0 Å². The summed E-state index contributed by atoms with van der Waals surface area (Å²) in [4.78, 5) is 21.8. The minimum atomic E-state index is -0.00173. The van der Waals surface area contributed by atoms with Crippen LogP contribution in [0.3, 0.4) is 0 Å². The van der Waals surface area contributed by atoms with Gasteiger partial charge in [-0.05, 0) is 73.9 Å². The third-order valence-corrected chi connectivity index (χ3v) is 7.85. The minimum absolute atomic E-state index is 0.00173. The Bertz CT molecular complexity index is 1370. The van der Waals surface area contributed by atoms with E-state index in [9.17, 15) is 4.79 Å². The van der Waals surface area contributed by atoms with Crippen LogP contribution in [-0.4, -0.2) is 27.0 Å². The van der Waals surface area contributed by atoms with E-state index in [4.69, 9.17) is 4.98 Å². The monoisotopic (exact) mass is 496 g/mol. The summed E-state index contributed by atoms with van der Waals surface area (Å²) in [7, 11) is 0. The molecule has 184 valence electrons. The number of rotatable bonds is 9. The fourth-order valence-electron chi connectivity index (χ4n) is 4.64. The van der Waals surface area contributed by atoms with Crippen LogP contribution in [0.5, 0.6) is 0 Å². The van der Waals surface area contributed by atoms with E-state index in [2.05, 4.69) is 52.1 Å². The van der Waals surface area contributed by atoms with Gasteiger partial charge in [0.15, 0.2) is 5.16 Å². The summed E-state index contributed by atoms with van der Waals surface area (Å²) in [6.45, 7) is 3.60. The minimum Gasteiger partial charge on any atom is -0.352 e. The molecular formula is C30H32N4OS. The maximum absolute atomic E-state index is 12.6. The lowest BCUT2D eigenvalue weighted by Crippen LogP contribution is -2.24. The summed E-state index contributed by atoms with van der Waals surface area (Å²) < 4.78 is 2.25. The molecule has 0 bridgehead atoms. The third kappa shape index (κ3) is 5.88. The molecule has 1 aliphatic carbocycles. The zero-order valence-electron chi connectivity index (χ0n) is 20.7. The van der Waals surface area contributed by atoms with Gasteiger partial charge in [0.05, 0.1) is 23.8 Å². The maximum Gasteiger partial charge on any atom is 0.251 e. The van der Waals surface area contributed by atoms with Gasteiger partial charge < -0.3 is 9.88 Å². The number of pyridine rings is 1. The van der Waals surface area contributed by atoms with E-state index in [1.54, 1.807) is 18.0 Å². The number of nitrogens with one attached hydrogen (secondary N) is 1. The Labute approximate surface area is 217 Å². The zero-order chi connectivity index (χ0) is 24.7. The first-order valence-electron chi connectivity index (χ1n) is 12.7. The van der Waals surface area contributed by atoms with Crippen molar-refractivity contribution in [1.29, 1.82) is 0 Å². The average molecular weight is 497 g/mol. The Morgan fingerprint density at radius 2 is 1.94 bits per heavy atom. The molecule has 0 spiro atoms. The van der Waals surface area contributed by atoms with Crippen LogP contribution in [0, 0.1) is 6.92 Å². The Morgan fingerprint density at radius 1 is 1.08 bits per heavy atom. The van der Waals surface area contributed by atoms with Crippen LogP contribution in [0.25, 0.3) is 11.0 Å². The van der Waals surface area contributed by atoms with E-state index < -0.39 is 0 Å². The molecule has 0 radical (unpaired) electrons. The molecule has 0 aliphatic heterocycles. The van der Waals surface area contributed by atoms with Crippen molar-refractivity contribution in [3.05, 3.63) is 101 Å². The van der Waals surface area contributed by atoms with Crippen LogP contribution in [0.2, 0.25) is 0 Å². The van der Waals surface area contributed by atoms with Crippen molar-refractivity contribution in [1.82, 2.24) is 19.9 Å². The molecule has 2 aromatic carbocycles. The highest BCUT2D eigenvalue weighted by atomic mass is 32.2. The van der Waals surface area contributed by atoms with Gasteiger partial charge >= 0.3 is 0 Å². The fraction of sp³-hybridized carbons (Fsp3) is 0.300. The second-order valence-electron chi connectivity index (χ2n) is 9.37. The van der Waals surface area contributed by atoms with E-state index in [-0.39, 0.29) is 5.91 Å². The Hall–Kier alpha value is -3.38. The number of hydrogen-bond donors (Lipinski definition) is 1. The van der Waals surface area contributed by atoms with Crippen LogP contribution < -0.4 is 5.32 Å². The Balaban J connectivity index is 1.23. The van der Waals surface area contributed by atoms with Gasteiger partial charge in [0, 0.05) is 24.1 Å². The highest BCUT2D eigenvalue weighted by Gasteiger charge is 2.13. The number of aromatic nitrogens is 3. The first-order chi connectivity index (χ1) is 17.7. The molecule has 0 fully saturated rings. The van der Waals surface area contributed by atoms with Crippen LogP contribution in [0.1, 0.15) is 59.2 Å². The molecule has 0 unspecified atom stereocenters. The summed E-state index contributed by atoms with van der Waals surface area (Å²) in [5, 5.41) is 4.04. The summed E-state index contributed by atoms with van der Waals surface area (Å²) in [6, 6.07) is 18.4. The van der Waals surface area contributed by atoms with Crippen molar-refractivity contribution in [2.24, 2.45) is 0 Å². The smallest absolute Gasteiger partial charge is 0.251 e. The van der Waals surface area contributed by atoms with Crippen molar-refractivity contribution >= 4 is 28.7 Å². The van der Waals surface area contributed by atoms with Gasteiger partial charge in [0.1, 0.15) is 0 Å². The quantitative estimate of drug-likeness (QED) is 0.207. The van der Waals surface area contributed by atoms with Crippen molar-refractivity contribution < 1.29 is 4.79 Å². The number of carbonyl (C=O) groups excluding carboxylic acids is 1. The molecule has 1 aliphatic rings. The molecule has 2 aromatic heterocycles. The lowest BCUT2D eigenvalue weighted by atomic mass is 9.97. The second-order valence-corrected chi connectivity index (χ2v) is 10.3. The van der Waals surface area contributed by atoms with Crippen LogP contribution >= 0.6 is 11.8 Å².